The highest BCUT2D eigenvalue weighted by Gasteiger charge is 2.33. The summed E-state index contributed by atoms with van der Waals surface area (Å²) in [4.78, 5) is 24.3. The van der Waals surface area contributed by atoms with Crippen LogP contribution in [-0.2, 0) is 10.2 Å². The monoisotopic (exact) mass is 570 g/mol. The minimum Gasteiger partial charge on any atom is -0.485 e. The van der Waals surface area contributed by atoms with Crippen LogP contribution >= 0.6 is 11.6 Å². The van der Waals surface area contributed by atoms with Gasteiger partial charge in [0.2, 0.25) is 11.6 Å². The molecule has 1 aliphatic rings. The van der Waals surface area contributed by atoms with Gasteiger partial charge in [-0.05, 0) is 24.3 Å². The second-order valence-electron chi connectivity index (χ2n) is 10.0. The smallest absolute Gasteiger partial charge is 0.300 e. The van der Waals surface area contributed by atoms with E-state index >= 15 is 0 Å². The lowest BCUT2D eigenvalue weighted by atomic mass is 9.77. The number of morpholine rings is 1. The lowest BCUT2D eigenvalue weighted by Crippen LogP contribution is -2.38. The number of pyridine rings is 2. The lowest BCUT2D eigenvalue weighted by Gasteiger charge is -2.29. The summed E-state index contributed by atoms with van der Waals surface area (Å²) in [5.74, 6) is -1.12. The molecule has 4 heterocycles. The largest absolute Gasteiger partial charge is 0.485 e. The molecule has 8 nitrogen and oxygen atoms in total. The molecule has 0 radical (unpaired) electrons. The van der Waals surface area contributed by atoms with E-state index in [9.17, 15) is 13.6 Å². The Hall–Kier alpha value is -3.60. The Balaban J connectivity index is 1.49. The number of fused-ring (bicyclic) bond motifs is 1. The molecule has 40 heavy (non-hydrogen) atoms. The number of nitrogens with zero attached hydrogens (tertiary/aromatic N) is 4. The van der Waals surface area contributed by atoms with E-state index in [1.165, 1.54) is 17.7 Å². The van der Waals surface area contributed by atoms with Crippen LogP contribution in [0.1, 0.15) is 25.0 Å². The maximum Gasteiger partial charge on any atom is 0.300 e. The first-order chi connectivity index (χ1) is 19.2. The highest BCUT2D eigenvalue weighted by atomic mass is 35.5. The average Bonchev–Trinajstić information content (AvgIpc) is 2.93. The summed E-state index contributed by atoms with van der Waals surface area (Å²) in [6.45, 7) is 7.59. The van der Waals surface area contributed by atoms with Gasteiger partial charge < -0.3 is 14.2 Å². The number of ether oxygens (including phenoxy) is 3. The first-order valence-corrected chi connectivity index (χ1v) is 13.2. The summed E-state index contributed by atoms with van der Waals surface area (Å²) in [5, 5.41) is -0.0422. The van der Waals surface area contributed by atoms with Gasteiger partial charge in [0, 0.05) is 65.8 Å². The Morgan fingerprint density at radius 3 is 2.58 bits per heavy atom. The SMILES string of the molecule is COc1ncc(-c2ccc3ncc(OCCN4CCOCC4)c(=O)n3c2)cc1C(C)(C)c1c(F)cc(F)cc1Cl. The first kappa shape index (κ1) is 27.9. The standard InChI is InChI=1S/C29H29ClF2N4O4/c1-29(2,26-22(30)13-20(31)14-23(26)32)21-12-19(15-34-27(21)38-3)18-4-5-25-33-16-24(28(37)36(25)17-18)40-11-8-35-6-9-39-10-7-35/h4-5,12-17H,6-11H2,1-3H3. The molecule has 210 valence electrons. The summed E-state index contributed by atoms with van der Waals surface area (Å²) in [7, 11) is 1.46. The molecule has 1 saturated heterocycles. The summed E-state index contributed by atoms with van der Waals surface area (Å²) in [6, 6.07) is 7.21. The Morgan fingerprint density at radius 1 is 1.07 bits per heavy atom. The molecule has 0 aliphatic carbocycles. The van der Waals surface area contributed by atoms with Crippen molar-refractivity contribution >= 4 is 17.2 Å². The quantitative estimate of drug-likeness (QED) is 0.303. The van der Waals surface area contributed by atoms with Crippen LogP contribution in [0.2, 0.25) is 5.02 Å². The lowest BCUT2D eigenvalue weighted by molar-refractivity contribution is 0.0321. The van der Waals surface area contributed by atoms with Crippen LogP contribution in [0.5, 0.6) is 11.6 Å². The molecule has 4 aromatic rings. The van der Waals surface area contributed by atoms with Crippen molar-refractivity contribution in [1.82, 2.24) is 19.3 Å². The Morgan fingerprint density at radius 2 is 1.85 bits per heavy atom. The van der Waals surface area contributed by atoms with E-state index in [1.807, 2.05) is 6.07 Å². The van der Waals surface area contributed by atoms with E-state index in [0.717, 1.165) is 25.2 Å². The summed E-state index contributed by atoms with van der Waals surface area (Å²) < 4.78 is 46.8. The van der Waals surface area contributed by atoms with Gasteiger partial charge in [-0.25, -0.2) is 18.7 Å². The van der Waals surface area contributed by atoms with E-state index in [0.29, 0.717) is 48.7 Å². The van der Waals surface area contributed by atoms with Crippen LogP contribution in [0.4, 0.5) is 8.78 Å². The zero-order valence-corrected chi connectivity index (χ0v) is 23.2. The first-order valence-electron chi connectivity index (χ1n) is 12.8. The van der Waals surface area contributed by atoms with Crippen molar-refractivity contribution in [2.75, 3.05) is 46.6 Å². The van der Waals surface area contributed by atoms with Gasteiger partial charge in [-0.2, -0.15) is 0 Å². The number of aromatic nitrogens is 3. The summed E-state index contributed by atoms with van der Waals surface area (Å²) >= 11 is 6.29. The molecule has 11 heteroatoms. The van der Waals surface area contributed by atoms with Crippen molar-refractivity contribution in [3.8, 4) is 22.8 Å². The average molecular weight is 571 g/mol. The second-order valence-corrected chi connectivity index (χ2v) is 10.4. The van der Waals surface area contributed by atoms with E-state index in [2.05, 4.69) is 14.9 Å². The summed E-state index contributed by atoms with van der Waals surface area (Å²) in [6.07, 6.45) is 4.70. The van der Waals surface area contributed by atoms with Crippen LogP contribution in [0.15, 0.2) is 53.7 Å². The van der Waals surface area contributed by atoms with Gasteiger partial charge in [-0.1, -0.05) is 25.4 Å². The molecule has 1 fully saturated rings. The zero-order valence-electron chi connectivity index (χ0n) is 22.4. The number of methoxy groups -OCH3 is 1. The zero-order chi connectivity index (χ0) is 28.4. The Kier molecular flexibility index (Phi) is 8.02. The molecule has 5 rings (SSSR count). The third kappa shape index (κ3) is 5.52. The molecule has 0 atom stereocenters. The van der Waals surface area contributed by atoms with Crippen molar-refractivity contribution in [3.63, 3.8) is 0 Å². The van der Waals surface area contributed by atoms with E-state index in [1.54, 1.807) is 38.4 Å². The van der Waals surface area contributed by atoms with Crippen LogP contribution in [-0.4, -0.2) is 65.8 Å². The molecule has 1 aliphatic heterocycles. The van der Waals surface area contributed by atoms with Crippen LogP contribution in [0.3, 0.4) is 0 Å². The van der Waals surface area contributed by atoms with Gasteiger partial charge in [-0.3, -0.25) is 14.1 Å². The van der Waals surface area contributed by atoms with E-state index in [4.69, 9.17) is 25.8 Å². The third-order valence-electron chi connectivity index (χ3n) is 7.12. The molecule has 0 N–H and O–H groups in total. The highest BCUT2D eigenvalue weighted by Crippen LogP contribution is 2.42. The van der Waals surface area contributed by atoms with E-state index in [-0.39, 0.29) is 27.8 Å². The molecular formula is C29H29ClF2N4O4. The van der Waals surface area contributed by atoms with Gasteiger partial charge in [0.15, 0.2) is 0 Å². The fraction of sp³-hybridized carbons (Fsp3) is 0.345. The minimum atomic E-state index is -1.04. The van der Waals surface area contributed by atoms with Crippen molar-refractivity contribution in [2.45, 2.75) is 19.3 Å². The van der Waals surface area contributed by atoms with Gasteiger partial charge in [0.1, 0.15) is 23.9 Å². The number of hydrogen-bond donors (Lipinski definition) is 0. The molecular weight excluding hydrogens is 542 g/mol. The molecule has 0 saturated carbocycles. The third-order valence-corrected chi connectivity index (χ3v) is 7.42. The Bertz CT molecular complexity index is 1580. The van der Waals surface area contributed by atoms with Crippen LogP contribution in [0, 0.1) is 11.6 Å². The predicted octanol–water partition coefficient (Wildman–Crippen LogP) is 4.73. The van der Waals surface area contributed by atoms with Crippen LogP contribution in [0.25, 0.3) is 16.8 Å². The molecule has 0 spiro atoms. The fourth-order valence-corrected chi connectivity index (χ4v) is 5.36. The van der Waals surface area contributed by atoms with Gasteiger partial charge in [0.05, 0.1) is 31.5 Å². The van der Waals surface area contributed by atoms with Crippen molar-refractivity contribution in [3.05, 3.63) is 87.1 Å². The predicted molar refractivity (Wildman–Crippen MR) is 147 cm³/mol. The van der Waals surface area contributed by atoms with Gasteiger partial charge >= 0.3 is 0 Å². The molecule has 0 bridgehead atoms. The van der Waals surface area contributed by atoms with Gasteiger partial charge in [0.25, 0.3) is 5.56 Å². The molecule has 3 aromatic heterocycles. The fourth-order valence-electron chi connectivity index (χ4n) is 4.93. The molecule has 1 aromatic carbocycles. The number of rotatable bonds is 8. The maximum absolute atomic E-state index is 15.0. The van der Waals surface area contributed by atoms with Crippen molar-refractivity contribution in [2.24, 2.45) is 0 Å². The second kappa shape index (κ2) is 11.5. The minimum absolute atomic E-state index is 0.0422. The highest BCUT2D eigenvalue weighted by molar-refractivity contribution is 6.31. The maximum atomic E-state index is 15.0. The van der Waals surface area contributed by atoms with Crippen LogP contribution < -0.4 is 15.0 Å². The van der Waals surface area contributed by atoms with Crippen molar-refractivity contribution < 1.29 is 23.0 Å². The normalized spacial score (nSPS) is 14.4. The van der Waals surface area contributed by atoms with Gasteiger partial charge in [-0.15, -0.1) is 0 Å². The number of hydrogen-bond acceptors (Lipinski definition) is 7. The molecule has 0 amide bonds. The topological polar surface area (TPSA) is 78.2 Å². The summed E-state index contributed by atoms with van der Waals surface area (Å²) in [5.41, 5.74) is 1.04. The van der Waals surface area contributed by atoms with E-state index < -0.39 is 17.0 Å². The van der Waals surface area contributed by atoms with Crippen molar-refractivity contribution in [1.29, 1.82) is 0 Å². The number of halogens is 3. The molecule has 0 unspecified atom stereocenters. The Labute approximate surface area is 235 Å². The number of benzene rings is 1.